The zero-order valence-corrected chi connectivity index (χ0v) is 16.0. The van der Waals surface area contributed by atoms with E-state index in [-0.39, 0.29) is 10.7 Å². The van der Waals surface area contributed by atoms with Crippen LogP contribution >= 0.6 is 12.2 Å². The molecule has 0 bridgehead atoms. The molecular weight excluding hydrogens is 422 g/mol. The monoisotopic (exact) mass is 437 g/mol. The summed E-state index contributed by atoms with van der Waals surface area (Å²) in [6.45, 7) is 0. The molecule has 3 aromatic rings. The van der Waals surface area contributed by atoms with E-state index < -0.39 is 24.2 Å². The number of carbonyl (C=O) groups is 1. The number of carbonyl (C=O) groups excluding carboxylic acids is 1. The number of anilines is 1. The fourth-order valence-electron chi connectivity index (χ4n) is 2.58. The Morgan fingerprint density at radius 2 is 1.67 bits per heavy atom. The normalized spacial score (nSPS) is 11.2. The molecule has 156 valence electrons. The Hall–Kier alpha value is -3.40. The third kappa shape index (κ3) is 5.15. The number of benzene rings is 3. The lowest BCUT2D eigenvalue weighted by molar-refractivity contribution is -0.253. The van der Waals surface area contributed by atoms with Gasteiger partial charge in [0.05, 0.1) is 0 Å². The molecule has 0 saturated carbocycles. The first-order chi connectivity index (χ1) is 14.3. The zero-order valence-electron chi connectivity index (χ0n) is 15.2. The van der Waals surface area contributed by atoms with Crippen molar-refractivity contribution in [3.8, 4) is 5.75 Å². The molecule has 0 aliphatic heterocycles. The number of amides is 1. The Labute approximate surface area is 174 Å². The van der Waals surface area contributed by atoms with Gasteiger partial charge < -0.3 is 10.1 Å². The second-order valence-corrected chi connectivity index (χ2v) is 6.46. The molecule has 0 heterocycles. The van der Waals surface area contributed by atoms with Gasteiger partial charge in [0.25, 0.3) is 5.91 Å². The van der Waals surface area contributed by atoms with Crippen molar-refractivity contribution in [2.75, 3.05) is 5.32 Å². The molecule has 30 heavy (non-hydrogen) atoms. The quantitative estimate of drug-likeness (QED) is 0.307. The molecule has 3 aromatic carbocycles. The number of halogens is 4. The van der Waals surface area contributed by atoms with Gasteiger partial charge in [-0.3, -0.25) is 15.6 Å². The van der Waals surface area contributed by atoms with Crippen LogP contribution in [0.2, 0.25) is 0 Å². The van der Waals surface area contributed by atoms with E-state index in [2.05, 4.69) is 20.9 Å². The molecule has 10 heteroatoms. The van der Waals surface area contributed by atoms with Crippen molar-refractivity contribution >= 4 is 39.7 Å². The summed E-state index contributed by atoms with van der Waals surface area (Å²) in [7, 11) is 0. The van der Waals surface area contributed by atoms with Gasteiger partial charge in [0.15, 0.2) is 5.11 Å². The lowest BCUT2D eigenvalue weighted by atomic mass is 10.1. The van der Waals surface area contributed by atoms with E-state index in [9.17, 15) is 22.4 Å². The first-order valence-corrected chi connectivity index (χ1v) is 8.97. The van der Waals surface area contributed by atoms with Crippen molar-refractivity contribution < 1.29 is 27.1 Å². The smallest absolute Gasteiger partial charge is 0.428 e. The fourth-order valence-corrected chi connectivity index (χ4v) is 2.74. The van der Waals surface area contributed by atoms with Crippen molar-refractivity contribution in [3.05, 3.63) is 72.3 Å². The first-order valence-electron chi connectivity index (χ1n) is 8.56. The summed E-state index contributed by atoms with van der Waals surface area (Å²) in [5.74, 6) is -1.31. The Morgan fingerprint density at radius 1 is 0.967 bits per heavy atom. The van der Waals surface area contributed by atoms with Crippen LogP contribution in [-0.2, 0) is 0 Å². The van der Waals surface area contributed by atoms with Gasteiger partial charge in [-0.05, 0) is 41.9 Å². The average molecular weight is 437 g/mol. The average Bonchev–Trinajstić information content (AvgIpc) is 2.72. The number of thiocarbonyl (C=S) groups is 1. The predicted molar refractivity (Wildman–Crippen MR) is 109 cm³/mol. The molecule has 0 fully saturated rings. The highest BCUT2D eigenvalue weighted by atomic mass is 32.1. The van der Waals surface area contributed by atoms with Crippen molar-refractivity contribution in [2.24, 2.45) is 0 Å². The summed E-state index contributed by atoms with van der Waals surface area (Å²) < 4.78 is 54.5. The van der Waals surface area contributed by atoms with Crippen LogP contribution in [0.4, 0.5) is 23.2 Å². The van der Waals surface area contributed by atoms with E-state index in [1.165, 1.54) is 12.1 Å². The number of alkyl halides is 4. The van der Waals surface area contributed by atoms with Crippen LogP contribution in [0.1, 0.15) is 10.4 Å². The molecular formula is C20H15F4N3O2S. The molecule has 3 rings (SSSR count). The van der Waals surface area contributed by atoms with Crippen LogP contribution in [0.15, 0.2) is 66.7 Å². The number of hydrogen-bond donors (Lipinski definition) is 3. The number of rotatable bonds is 5. The maximum atomic E-state index is 13.0. The van der Waals surface area contributed by atoms with Gasteiger partial charge in [-0.15, -0.1) is 0 Å². The third-order valence-electron chi connectivity index (χ3n) is 3.93. The molecule has 0 aliphatic carbocycles. The van der Waals surface area contributed by atoms with E-state index in [0.717, 1.165) is 22.9 Å². The largest absolute Gasteiger partial charge is 0.461 e. The zero-order chi connectivity index (χ0) is 21.7. The second-order valence-electron chi connectivity index (χ2n) is 6.05. The molecule has 0 aromatic heterocycles. The number of nitrogens with one attached hydrogen (secondary N) is 3. The van der Waals surface area contributed by atoms with Gasteiger partial charge in [0.2, 0.25) is 0 Å². The van der Waals surface area contributed by atoms with Gasteiger partial charge >= 0.3 is 12.5 Å². The van der Waals surface area contributed by atoms with Crippen LogP contribution in [0.5, 0.6) is 5.75 Å². The summed E-state index contributed by atoms with van der Waals surface area (Å²) in [5.41, 5.74) is 5.40. The highest BCUT2D eigenvalue weighted by Gasteiger charge is 2.44. The van der Waals surface area contributed by atoms with Crippen LogP contribution in [0.25, 0.3) is 10.8 Å². The topological polar surface area (TPSA) is 62.4 Å². The van der Waals surface area contributed by atoms with Gasteiger partial charge in [0, 0.05) is 16.6 Å². The van der Waals surface area contributed by atoms with E-state index in [4.69, 9.17) is 12.2 Å². The van der Waals surface area contributed by atoms with E-state index in [0.29, 0.717) is 5.69 Å². The summed E-state index contributed by atoms with van der Waals surface area (Å²) in [5, 5.41) is 4.93. The third-order valence-corrected chi connectivity index (χ3v) is 4.14. The summed E-state index contributed by atoms with van der Waals surface area (Å²) in [6.07, 6.45) is -8.67. The van der Waals surface area contributed by atoms with Crippen LogP contribution in [-0.4, -0.2) is 23.6 Å². The van der Waals surface area contributed by atoms with Crippen molar-refractivity contribution in [1.82, 2.24) is 10.9 Å². The van der Waals surface area contributed by atoms with Gasteiger partial charge in [-0.25, -0.2) is 0 Å². The Balaban J connectivity index is 1.61. The molecule has 3 N–H and O–H groups in total. The summed E-state index contributed by atoms with van der Waals surface area (Å²) in [4.78, 5) is 12.2. The minimum absolute atomic E-state index is 0.0799. The molecule has 5 nitrogen and oxygen atoms in total. The van der Waals surface area contributed by atoms with Crippen molar-refractivity contribution in [3.63, 3.8) is 0 Å². The minimum atomic E-state index is -4.67. The highest BCUT2D eigenvalue weighted by Crippen LogP contribution is 2.28. The molecule has 0 aliphatic rings. The van der Waals surface area contributed by atoms with E-state index in [1.807, 2.05) is 42.5 Å². The number of hydrogen-bond acceptors (Lipinski definition) is 3. The van der Waals surface area contributed by atoms with Crippen LogP contribution in [0, 0.1) is 0 Å². The fraction of sp³-hybridized carbons (Fsp3) is 0.100. The lowest BCUT2D eigenvalue weighted by Crippen LogP contribution is -2.43. The number of fused-ring (bicyclic) bond motifs is 1. The number of ether oxygens (including phenoxy) is 1. The molecule has 0 radical (unpaired) electrons. The summed E-state index contributed by atoms with van der Waals surface area (Å²) >= 11 is 5.15. The Kier molecular flexibility index (Phi) is 6.36. The van der Waals surface area contributed by atoms with Crippen LogP contribution in [0.3, 0.4) is 0 Å². The van der Waals surface area contributed by atoms with Gasteiger partial charge in [-0.1, -0.05) is 42.5 Å². The Bertz CT molecular complexity index is 1070. The molecule has 0 saturated heterocycles. The molecule has 1 amide bonds. The maximum Gasteiger partial charge on any atom is 0.461 e. The lowest BCUT2D eigenvalue weighted by Gasteiger charge is -2.17. The number of hydrazine groups is 1. The minimum Gasteiger partial charge on any atom is -0.428 e. The van der Waals surface area contributed by atoms with E-state index >= 15 is 0 Å². The molecule has 0 atom stereocenters. The second kappa shape index (κ2) is 8.95. The maximum absolute atomic E-state index is 13.0. The highest BCUT2D eigenvalue weighted by molar-refractivity contribution is 7.80. The molecule has 0 spiro atoms. The van der Waals surface area contributed by atoms with Crippen molar-refractivity contribution in [2.45, 2.75) is 12.5 Å². The summed E-state index contributed by atoms with van der Waals surface area (Å²) in [6, 6.07) is 17.7. The Morgan fingerprint density at radius 3 is 2.43 bits per heavy atom. The van der Waals surface area contributed by atoms with Gasteiger partial charge in [0.1, 0.15) is 5.75 Å². The van der Waals surface area contributed by atoms with Crippen LogP contribution < -0.4 is 20.9 Å². The predicted octanol–water partition coefficient (Wildman–Crippen LogP) is 4.71. The van der Waals surface area contributed by atoms with Gasteiger partial charge in [-0.2, -0.15) is 17.6 Å². The van der Waals surface area contributed by atoms with E-state index in [1.54, 1.807) is 0 Å². The van der Waals surface area contributed by atoms with Crippen molar-refractivity contribution in [1.29, 1.82) is 0 Å². The SMILES string of the molecule is O=C(NNC(=S)Nc1cccc2ccccc12)c1cccc(OC(F)(F)C(F)F)c1. The standard InChI is InChI=1S/C20H15F4N3O2S/c21-18(22)20(23,24)29-14-8-3-7-13(11-14)17(28)26-27-19(30)25-16-10-4-6-12-5-1-2-9-15(12)16/h1-11,18H,(H,26,28)(H2,25,27,30). The first kappa shape index (κ1) is 21.3. The molecule has 0 unspecified atom stereocenters.